The van der Waals surface area contributed by atoms with E-state index >= 15 is 0 Å². The smallest absolute Gasteiger partial charge is 0.326 e. The van der Waals surface area contributed by atoms with E-state index in [0.29, 0.717) is 12.0 Å². The summed E-state index contributed by atoms with van der Waals surface area (Å²) in [5.74, 6) is -1.33. The van der Waals surface area contributed by atoms with Gasteiger partial charge in [-0.2, -0.15) is 0 Å². The summed E-state index contributed by atoms with van der Waals surface area (Å²) in [5.41, 5.74) is 1.25. The zero-order valence-electron chi connectivity index (χ0n) is 12.5. The van der Waals surface area contributed by atoms with Crippen LogP contribution < -0.4 is 0 Å². The average molecular weight is 316 g/mol. The second-order valence-corrected chi connectivity index (χ2v) is 5.32. The highest BCUT2D eigenvalue weighted by Gasteiger charge is 2.40. The Kier molecular flexibility index (Phi) is 4.07. The van der Waals surface area contributed by atoms with E-state index in [2.05, 4.69) is 10.2 Å². The molecule has 0 spiro atoms. The van der Waals surface area contributed by atoms with E-state index < -0.39 is 12.0 Å². The number of aliphatic carboxylic acids is 1. The molecule has 1 N–H and O–H groups in total. The summed E-state index contributed by atoms with van der Waals surface area (Å²) in [5, 5.41) is 16.7. The van der Waals surface area contributed by atoms with Crippen molar-refractivity contribution in [3.63, 3.8) is 0 Å². The maximum absolute atomic E-state index is 12.6. The molecule has 1 aromatic carbocycles. The van der Waals surface area contributed by atoms with Gasteiger partial charge in [-0.1, -0.05) is 0 Å². The predicted molar refractivity (Wildman–Crippen MR) is 79.2 cm³/mol. The first-order valence-electron chi connectivity index (χ1n) is 7.12. The first-order valence-corrected chi connectivity index (χ1v) is 7.12. The van der Waals surface area contributed by atoms with Crippen molar-refractivity contribution in [2.75, 3.05) is 13.7 Å². The zero-order chi connectivity index (χ0) is 16.4. The zero-order valence-corrected chi connectivity index (χ0v) is 12.5. The number of amides is 1. The SMILES string of the molecule is COC1CC(C(=O)O)N(C(=O)c2ccc(-n3cnnc3)cc2)C1. The molecule has 2 heterocycles. The van der Waals surface area contributed by atoms with Gasteiger partial charge in [0, 0.05) is 31.3 Å². The Morgan fingerprint density at radius 2 is 1.87 bits per heavy atom. The molecule has 23 heavy (non-hydrogen) atoms. The quantitative estimate of drug-likeness (QED) is 0.886. The third kappa shape index (κ3) is 2.93. The number of carboxylic acids is 1. The van der Waals surface area contributed by atoms with Crippen molar-refractivity contribution in [2.24, 2.45) is 0 Å². The van der Waals surface area contributed by atoms with E-state index in [1.807, 2.05) is 0 Å². The normalized spacial score (nSPS) is 20.7. The van der Waals surface area contributed by atoms with Crippen LogP contribution in [0, 0.1) is 0 Å². The Bertz CT molecular complexity index is 699. The molecular formula is C15H16N4O4. The van der Waals surface area contributed by atoms with Crippen LogP contribution in [0.25, 0.3) is 5.69 Å². The van der Waals surface area contributed by atoms with Gasteiger partial charge in [0.05, 0.1) is 6.10 Å². The molecule has 1 fully saturated rings. The maximum atomic E-state index is 12.6. The number of ether oxygens (including phenoxy) is 1. The van der Waals surface area contributed by atoms with Crippen molar-refractivity contribution in [3.8, 4) is 5.69 Å². The van der Waals surface area contributed by atoms with E-state index in [4.69, 9.17) is 4.74 Å². The number of nitrogens with zero attached hydrogens (tertiary/aromatic N) is 4. The highest BCUT2D eigenvalue weighted by Crippen LogP contribution is 2.23. The number of benzene rings is 1. The summed E-state index contributed by atoms with van der Waals surface area (Å²) in [6.45, 7) is 0.277. The van der Waals surface area contributed by atoms with Crippen LogP contribution in [0.5, 0.6) is 0 Å². The number of hydrogen-bond donors (Lipinski definition) is 1. The van der Waals surface area contributed by atoms with Crippen molar-refractivity contribution in [3.05, 3.63) is 42.5 Å². The minimum absolute atomic E-state index is 0.253. The second kappa shape index (κ2) is 6.17. The highest BCUT2D eigenvalue weighted by atomic mass is 16.5. The summed E-state index contributed by atoms with van der Waals surface area (Å²) in [7, 11) is 1.52. The number of hydrogen-bond acceptors (Lipinski definition) is 5. The largest absolute Gasteiger partial charge is 0.480 e. The Labute approximate surface area is 132 Å². The fourth-order valence-electron chi connectivity index (χ4n) is 2.70. The Morgan fingerprint density at radius 3 is 2.43 bits per heavy atom. The number of rotatable bonds is 4. The fourth-order valence-corrected chi connectivity index (χ4v) is 2.70. The maximum Gasteiger partial charge on any atom is 0.326 e. The lowest BCUT2D eigenvalue weighted by Crippen LogP contribution is -2.40. The van der Waals surface area contributed by atoms with Crippen molar-refractivity contribution < 1.29 is 19.4 Å². The third-order valence-corrected chi connectivity index (χ3v) is 3.97. The van der Waals surface area contributed by atoms with Crippen LogP contribution in [-0.2, 0) is 9.53 Å². The number of aromatic nitrogens is 3. The molecule has 8 heteroatoms. The standard InChI is InChI=1S/C15H16N4O4/c1-23-12-6-13(15(21)22)19(7-12)14(20)10-2-4-11(5-3-10)18-8-16-17-9-18/h2-5,8-9,12-13H,6-7H2,1H3,(H,21,22). The van der Waals surface area contributed by atoms with Gasteiger partial charge < -0.3 is 14.7 Å². The van der Waals surface area contributed by atoms with Crippen molar-refractivity contribution in [1.29, 1.82) is 0 Å². The first-order chi connectivity index (χ1) is 11.1. The third-order valence-electron chi connectivity index (χ3n) is 3.97. The number of carbonyl (C=O) groups is 2. The molecule has 3 rings (SSSR count). The fraction of sp³-hybridized carbons (Fsp3) is 0.333. The molecule has 8 nitrogen and oxygen atoms in total. The molecule has 120 valence electrons. The minimum Gasteiger partial charge on any atom is -0.480 e. The van der Waals surface area contributed by atoms with Gasteiger partial charge in [-0.3, -0.25) is 9.36 Å². The molecule has 1 aliphatic rings. The lowest BCUT2D eigenvalue weighted by molar-refractivity contribution is -0.141. The van der Waals surface area contributed by atoms with Gasteiger partial charge in [-0.15, -0.1) is 10.2 Å². The lowest BCUT2D eigenvalue weighted by Gasteiger charge is -2.21. The van der Waals surface area contributed by atoms with E-state index in [1.165, 1.54) is 12.0 Å². The number of carboxylic acid groups (broad SMARTS) is 1. The topological polar surface area (TPSA) is 97.6 Å². The van der Waals surface area contributed by atoms with Crippen LogP contribution in [-0.4, -0.2) is 62.4 Å². The van der Waals surface area contributed by atoms with Gasteiger partial charge in [0.15, 0.2) is 0 Å². The molecular weight excluding hydrogens is 300 g/mol. The van der Waals surface area contributed by atoms with Gasteiger partial charge in [0.25, 0.3) is 5.91 Å². The number of carbonyl (C=O) groups excluding carboxylic acids is 1. The monoisotopic (exact) mass is 316 g/mol. The van der Waals surface area contributed by atoms with Crippen molar-refractivity contribution in [2.45, 2.75) is 18.6 Å². The molecule has 0 radical (unpaired) electrons. The van der Waals surface area contributed by atoms with Crippen LogP contribution in [0.15, 0.2) is 36.9 Å². The van der Waals surface area contributed by atoms with Crippen molar-refractivity contribution >= 4 is 11.9 Å². The summed E-state index contributed by atoms with van der Waals surface area (Å²) < 4.78 is 6.91. The molecule has 1 aliphatic heterocycles. The minimum atomic E-state index is -1.01. The molecule has 0 saturated carbocycles. The molecule has 0 bridgehead atoms. The van der Waals surface area contributed by atoms with Gasteiger partial charge in [-0.05, 0) is 24.3 Å². The predicted octanol–water partition coefficient (Wildman–Crippen LogP) is 0.581. The Hall–Kier alpha value is -2.74. The molecule has 0 aliphatic carbocycles. The number of methoxy groups -OCH3 is 1. The highest BCUT2D eigenvalue weighted by molar-refractivity contribution is 5.97. The molecule has 1 amide bonds. The molecule has 1 aromatic heterocycles. The van der Waals surface area contributed by atoms with E-state index in [0.717, 1.165) is 5.69 Å². The van der Waals surface area contributed by atoms with Crippen LogP contribution in [0.2, 0.25) is 0 Å². The van der Waals surface area contributed by atoms with Crippen LogP contribution in [0.4, 0.5) is 0 Å². The van der Waals surface area contributed by atoms with E-state index in [1.54, 1.807) is 41.5 Å². The van der Waals surface area contributed by atoms with Gasteiger partial charge >= 0.3 is 5.97 Å². The van der Waals surface area contributed by atoms with Crippen molar-refractivity contribution in [1.82, 2.24) is 19.7 Å². The molecule has 2 atom stereocenters. The van der Waals surface area contributed by atoms with Crippen LogP contribution >= 0.6 is 0 Å². The molecule has 2 aromatic rings. The lowest BCUT2D eigenvalue weighted by atomic mass is 10.1. The first kappa shape index (κ1) is 15.2. The average Bonchev–Trinajstić information content (AvgIpc) is 3.23. The summed E-state index contributed by atoms with van der Waals surface area (Å²) in [4.78, 5) is 25.3. The van der Waals surface area contributed by atoms with Gasteiger partial charge in [0.2, 0.25) is 0 Å². The van der Waals surface area contributed by atoms with Crippen LogP contribution in [0.3, 0.4) is 0 Å². The Balaban J connectivity index is 1.80. The van der Waals surface area contributed by atoms with Crippen LogP contribution in [0.1, 0.15) is 16.8 Å². The van der Waals surface area contributed by atoms with E-state index in [9.17, 15) is 14.7 Å². The van der Waals surface area contributed by atoms with E-state index in [-0.39, 0.29) is 18.6 Å². The Morgan fingerprint density at radius 1 is 1.22 bits per heavy atom. The number of likely N-dealkylation sites (tertiary alicyclic amines) is 1. The summed E-state index contributed by atoms with van der Waals surface area (Å²) in [6, 6.07) is 5.99. The molecule has 2 unspecified atom stereocenters. The second-order valence-electron chi connectivity index (χ2n) is 5.32. The van der Waals surface area contributed by atoms with Gasteiger partial charge in [0.1, 0.15) is 18.7 Å². The summed E-state index contributed by atoms with van der Waals surface area (Å²) in [6.07, 6.45) is 3.16. The van der Waals surface area contributed by atoms with Gasteiger partial charge in [-0.25, -0.2) is 4.79 Å². The molecule has 1 saturated heterocycles. The summed E-state index contributed by atoms with van der Waals surface area (Å²) >= 11 is 0.